The van der Waals surface area contributed by atoms with Crippen molar-refractivity contribution >= 4 is 17.2 Å². The van der Waals surface area contributed by atoms with Gasteiger partial charge in [0, 0.05) is 36.6 Å². The Morgan fingerprint density at radius 2 is 2.18 bits per heavy atom. The SMILES string of the molecule is CCCCC1CN(CCNC(=O)Cc2sc(C)nc2C)Cc2ccccc2O1. The molecule has 1 aromatic carbocycles. The first-order valence-electron chi connectivity index (χ1n) is 10.2. The van der Waals surface area contributed by atoms with Crippen molar-refractivity contribution in [1.29, 1.82) is 0 Å². The summed E-state index contributed by atoms with van der Waals surface area (Å²) in [7, 11) is 0. The van der Waals surface area contributed by atoms with Crippen LogP contribution in [0.3, 0.4) is 0 Å². The number of nitrogens with zero attached hydrogens (tertiary/aromatic N) is 2. The van der Waals surface area contributed by atoms with Crippen LogP contribution in [-0.2, 0) is 17.8 Å². The number of benzene rings is 1. The fourth-order valence-electron chi connectivity index (χ4n) is 3.61. The number of carbonyl (C=O) groups excluding carboxylic acids is 1. The Morgan fingerprint density at radius 1 is 1.36 bits per heavy atom. The van der Waals surface area contributed by atoms with Crippen LogP contribution in [0.2, 0.25) is 0 Å². The minimum absolute atomic E-state index is 0.0701. The Labute approximate surface area is 172 Å². The summed E-state index contributed by atoms with van der Waals surface area (Å²) in [4.78, 5) is 20.2. The Morgan fingerprint density at radius 3 is 2.93 bits per heavy atom. The van der Waals surface area contributed by atoms with Crippen LogP contribution >= 0.6 is 11.3 Å². The lowest BCUT2D eigenvalue weighted by molar-refractivity contribution is -0.120. The highest BCUT2D eigenvalue weighted by Crippen LogP contribution is 2.26. The zero-order valence-electron chi connectivity index (χ0n) is 17.2. The minimum atomic E-state index is 0.0701. The molecule has 1 aliphatic rings. The minimum Gasteiger partial charge on any atom is -0.489 e. The number of hydrogen-bond acceptors (Lipinski definition) is 5. The van der Waals surface area contributed by atoms with Gasteiger partial charge in [0.25, 0.3) is 0 Å². The van der Waals surface area contributed by atoms with Gasteiger partial charge in [-0.3, -0.25) is 9.69 Å². The van der Waals surface area contributed by atoms with Gasteiger partial charge in [0.1, 0.15) is 11.9 Å². The Bertz CT molecular complexity index is 790. The van der Waals surface area contributed by atoms with Gasteiger partial charge in [-0.1, -0.05) is 31.5 Å². The van der Waals surface area contributed by atoms with Gasteiger partial charge in [0.15, 0.2) is 0 Å². The molecule has 28 heavy (non-hydrogen) atoms. The van der Waals surface area contributed by atoms with E-state index in [9.17, 15) is 4.79 Å². The van der Waals surface area contributed by atoms with E-state index in [1.165, 1.54) is 18.4 Å². The summed E-state index contributed by atoms with van der Waals surface area (Å²) in [5.41, 5.74) is 2.20. The normalized spacial score (nSPS) is 16.9. The first-order chi connectivity index (χ1) is 13.5. The van der Waals surface area contributed by atoms with Gasteiger partial charge in [0.2, 0.25) is 5.91 Å². The molecule has 1 aromatic heterocycles. The van der Waals surface area contributed by atoms with Crippen LogP contribution in [0.15, 0.2) is 24.3 Å². The van der Waals surface area contributed by atoms with Crippen LogP contribution in [0.25, 0.3) is 0 Å². The van der Waals surface area contributed by atoms with E-state index in [1.54, 1.807) is 11.3 Å². The molecule has 2 heterocycles. The first-order valence-corrected chi connectivity index (χ1v) is 11.0. The third-order valence-electron chi connectivity index (χ3n) is 5.07. The van der Waals surface area contributed by atoms with Gasteiger partial charge in [0.05, 0.1) is 17.1 Å². The third kappa shape index (κ3) is 5.79. The van der Waals surface area contributed by atoms with Crippen LogP contribution in [0.1, 0.15) is 47.3 Å². The Kier molecular flexibility index (Phi) is 7.45. The molecule has 0 spiro atoms. The van der Waals surface area contributed by atoms with Crippen LogP contribution in [0, 0.1) is 13.8 Å². The smallest absolute Gasteiger partial charge is 0.225 e. The number of hydrogen-bond donors (Lipinski definition) is 1. The highest BCUT2D eigenvalue weighted by Gasteiger charge is 2.22. The predicted molar refractivity (Wildman–Crippen MR) is 114 cm³/mol. The summed E-state index contributed by atoms with van der Waals surface area (Å²) in [6, 6.07) is 8.31. The maximum atomic E-state index is 12.3. The summed E-state index contributed by atoms with van der Waals surface area (Å²) >= 11 is 1.61. The second kappa shape index (κ2) is 10.0. The number of fused-ring (bicyclic) bond motifs is 1. The number of thiazole rings is 1. The van der Waals surface area contributed by atoms with E-state index < -0.39 is 0 Å². The van der Waals surface area contributed by atoms with Crippen LogP contribution in [0.5, 0.6) is 5.75 Å². The number of para-hydroxylation sites is 1. The van der Waals surface area contributed by atoms with Crippen molar-refractivity contribution in [1.82, 2.24) is 15.2 Å². The maximum absolute atomic E-state index is 12.3. The van der Waals surface area contributed by atoms with Gasteiger partial charge in [-0.05, 0) is 32.8 Å². The topological polar surface area (TPSA) is 54.5 Å². The molecule has 1 atom stereocenters. The second-order valence-corrected chi connectivity index (χ2v) is 8.78. The molecule has 6 heteroatoms. The number of ether oxygens (including phenoxy) is 1. The summed E-state index contributed by atoms with van der Waals surface area (Å²) in [5, 5.41) is 4.09. The Hall–Kier alpha value is -1.92. The zero-order valence-corrected chi connectivity index (χ0v) is 18.0. The first kappa shape index (κ1) is 20.8. The molecular weight excluding hydrogens is 370 g/mol. The molecule has 0 bridgehead atoms. The van der Waals surface area contributed by atoms with E-state index in [0.29, 0.717) is 13.0 Å². The van der Waals surface area contributed by atoms with Crippen LogP contribution in [0.4, 0.5) is 0 Å². The molecule has 0 aliphatic carbocycles. The quantitative estimate of drug-likeness (QED) is 0.729. The molecule has 3 rings (SSSR count). The van der Waals surface area contributed by atoms with E-state index in [2.05, 4.69) is 40.3 Å². The fraction of sp³-hybridized carbons (Fsp3) is 0.545. The number of rotatable bonds is 8. The predicted octanol–water partition coefficient (Wildman–Crippen LogP) is 3.87. The van der Waals surface area contributed by atoms with Crippen molar-refractivity contribution in [2.45, 2.75) is 59.1 Å². The molecule has 2 aromatic rings. The third-order valence-corrected chi connectivity index (χ3v) is 6.15. The van der Waals surface area contributed by atoms with Gasteiger partial charge in [-0.25, -0.2) is 4.98 Å². The molecule has 1 amide bonds. The molecule has 0 fully saturated rings. The number of aromatic nitrogens is 1. The van der Waals surface area contributed by atoms with Gasteiger partial charge in [-0.2, -0.15) is 0 Å². The van der Waals surface area contributed by atoms with E-state index in [4.69, 9.17) is 4.74 Å². The summed E-state index contributed by atoms with van der Waals surface area (Å²) in [6.45, 7) is 9.40. The summed E-state index contributed by atoms with van der Waals surface area (Å²) < 4.78 is 6.28. The van der Waals surface area contributed by atoms with Crippen molar-refractivity contribution in [3.63, 3.8) is 0 Å². The van der Waals surface area contributed by atoms with Crippen molar-refractivity contribution < 1.29 is 9.53 Å². The van der Waals surface area contributed by atoms with E-state index in [1.807, 2.05) is 19.9 Å². The zero-order chi connectivity index (χ0) is 19.9. The maximum Gasteiger partial charge on any atom is 0.225 e. The van der Waals surface area contributed by atoms with Crippen LogP contribution < -0.4 is 10.1 Å². The molecule has 1 N–H and O–H groups in total. The monoisotopic (exact) mass is 401 g/mol. The van der Waals surface area contributed by atoms with Crippen molar-refractivity contribution in [3.05, 3.63) is 45.4 Å². The molecular formula is C22H31N3O2S. The molecule has 152 valence electrons. The number of aryl methyl sites for hydroxylation is 2. The lowest BCUT2D eigenvalue weighted by Crippen LogP contribution is -2.39. The average Bonchev–Trinajstić information content (AvgIpc) is 2.87. The number of unbranched alkanes of at least 4 members (excludes halogenated alkanes) is 1. The van der Waals surface area contributed by atoms with Crippen molar-refractivity contribution in [2.75, 3.05) is 19.6 Å². The van der Waals surface area contributed by atoms with Crippen molar-refractivity contribution in [3.8, 4) is 5.75 Å². The molecule has 1 unspecified atom stereocenters. The lowest BCUT2D eigenvalue weighted by Gasteiger charge is -2.24. The van der Waals surface area contributed by atoms with E-state index >= 15 is 0 Å². The summed E-state index contributed by atoms with van der Waals surface area (Å²) in [5.74, 6) is 1.08. The standard InChI is InChI=1S/C22H31N3O2S/c1-4-5-9-19-15-25(14-18-8-6-7-10-20(18)27-19)12-11-23-22(26)13-21-16(2)24-17(3)28-21/h6-8,10,19H,4-5,9,11-15H2,1-3H3,(H,23,26). The molecule has 5 nitrogen and oxygen atoms in total. The molecule has 0 saturated carbocycles. The number of nitrogens with one attached hydrogen (secondary N) is 1. The summed E-state index contributed by atoms with van der Waals surface area (Å²) in [6.07, 6.45) is 4.04. The van der Waals surface area contributed by atoms with Gasteiger partial charge >= 0.3 is 0 Å². The molecule has 0 saturated heterocycles. The fourth-order valence-corrected chi connectivity index (χ4v) is 4.55. The molecule has 0 radical (unpaired) electrons. The largest absolute Gasteiger partial charge is 0.489 e. The van der Waals surface area contributed by atoms with Crippen LogP contribution in [-0.4, -0.2) is 41.5 Å². The average molecular weight is 402 g/mol. The van der Waals surface area contributed by atoms with E-state index in [-0.39, 0.29) is 12.0 Å². The highest BCUT2D eigenvalue weighted by atomic mass is 32.1. The van der Waals surface area contributed by atoms with Gasteiger partial charge < -0.3 is 10.1 Å². The Balaban J connectivity index is 1.53. The second-order valence-electron chi connectivity index (χ2n) is 7.49. The number of carbonyl (C=O) groups is 1. The van der Waals surface area contributed by atoms with E-state index in [0.717, 1.165) is 47.4 Å². The van der Waals surface area contributed by atoms with Gasteiger partial charge in [-0.15, -0.1) is 11.3 Å². The molecule has 1 aliphatic heterocycles. The highest BCUT2D eigenvalue weighted by molar-refractivity contribution is 7.11. The number of amides is 1. The van der Waals surface area contributed by atoms with Crippen molar-refractivity contribution in [2.24, 2.45) is 0 Å². The lowest BCUT2D eigenvalue weighted by atomic mass is 10.1.